The number of hydrogen-bond donors (Lipinski definition) is 0. The SMILES string of the molecule is C=C/C=C/CC/C=C/C=C/C[P+](C)(C)C. The maximum Gasteiger partial charge on any atom is 0.0768 e. The first-order valence-corrected chi connectivity index (χ1v) is 8.77. The highest BCUT2D eigenvalue weighted by Crippen LogP contribution is 2.46. The third-order valence-corrected chi connectivity index (χ3v) is 3.11. The summed E-state index contributed by atoms with van der Waals surface area (Å²) in [4.78, 5) is 0. The van der Waals surface area contributed by atoms with Crippen LogP contribution in [0.25, 0.3) is 0 Å². The quantitative estimate of drug-likeness (QED) is 0.338. The lowest BCUT2D eigenvalue weighted by atomic mass is 10.2. The van der Waals surface area contributed by atoms with Crippen molar-refractivity contribution in [1.29, 1.82) is 0 Å². The van der Waals surface area contributed by atoms with E-state index >= 15 is 0 Å². The van der Waals surface area contributed by atoms with Crippen LogP contribution >= 0.6 is 7.26 Å². The monoisotopic (exact) mass is 223 g/mol. The van der Waals surface area contributed by atoms with Gasteiger partial charge in [0.05, 0.1) is 6.16 Å². The van der Waals surface area contributed by atoms with E-state index in [1.807, 2.05) is 12.2 Å². The van der Waals surface area contributed by atoms with E-state index in [4.69, 9.17) is 0 Å². The smallest absolute Gasteiger partial charge is 0.0768 e. The van der Waals surface area contributed by atoms with Crippen LogP contribution in [0.1, 0.15) is 12.8 Å². The second-order valence-electron chi connectivity index (χ2n) is 4.57. The van der Waals surface area contributed by atoms with Crippen LogP contribution in [-0.2, 0) is 0 Å². The highest BCUT2D eigenvalue weighted by Gasteiger charge is 2.12. The van der Waals surface area contributed by atoms with Gasteiger partial charge in [0.25, 0.3) is 0 Å². The molecule has 0 aliphatic rings. The summed E-state index contributed by atoms with van der Waals surface area (Å²) in [5.74, 6) is 0. The van der Waals surface area contributed by atoms with Crippen molar-refractivity contribution < 1.29 is 0 Å². The molecule has 0 saturated heterocycles. The third kappa shape index (κ3) is 13.4. The highest BCUT2D eigenvalue weighted by atomic mass is 31.2. The first kappa shape index (κ1) is 14.4. The summed E-state index contributed by atoms with van der Waals surface area (Å²) in [6.45, 7) is 10.7. The molecule has 0 aromatic heterocycles. The van der Waals surface area contributed by atoms with E-state index in [2.05, 4.69) is 57.0 Å². The molecule has 0 fully saturated rings. The molecule has 1 heteroatoms. The van der Waals surface area contributed by atoms with Crippen LogP contribution in [0.15, 0.2) is 49.1 Å². The number of unbranched alkanes of at least 4 members (excludes halogenated alkanes) is 1. The summed E-state index contributed by atoms with van der Waals surface area (Å²) in [6, 6.07) is 0. The fourth-order valence-corrected chi connectivity index (χ4v) is 1.77. The molecule has 0 unspecified atom stereocenters. The van der Waals surface area contributed by atoms with Gasteiger partial charge in [-0.2, -0.15) is 0 Å². The Bertz CT molecular complexity index is 239. The number of allylic oxidation sites excluding steroid dienone is 7. The summed E-state index contributed by atoms with van der Waals surface area (Å²) < 4.78 is 0. The molecule has 0 aliphatic heterocycles. The zero-order valence-electron chi connectivity index (χ0n) is 10.3. The van der Waals surface area contributed by atoms with E-state index < -0.39 is 7.26 Å². The topological polar surface area (TPSA) is 0 Å². The molecular formula is C14H24P+. The Morgan fingerprint density at radius 2 is 1.40 bits per heavy atom. The molecule has 0 rings (SSSR count). The van der Waals surface area contributed by atoms with E-state index in [1.54, 1.807) is 0 Å². The lowest BCUT2D eigenvalue weighted by molar-refractivity contribution is 1.05. The van der Waals surface area contributed by atoms with Crippen molar-refractivity contribution in [1.82, 2.24) is 0 Å². The lowest BCUT2D eigenvalue weighted by Gasteiger charge is -2.06. The van der Waals surface area contributed by atoms with Gasteiger partial charge >= 0.3 is 0 Å². The second-order valence-corrected chi connectivity index (χ2v) is 9.52. The van der Waals surface area contributed by atoms with Gasteiger partial charge in [0.15, 0.2) is 0 Å². The molecule has 0 bridgehead atoms. The predicted octanol–water partition coefficient (Wildman–Crippen LogP) is 4.53. The van der Waals surface area contributed by atoms with Crippen molar-refractivity contribution in [3.8, 4) is 0 Å². The molecule has 0 aliphatic carbocycles. The Kier molecular flexibility index (Phi) is 8.33. The molecule has 0 atom stereocenters. The van der Waals surface area contributed by atoms with E-state index in [1.165, 1.54) is 6.16 Å². The molecule has 0 aromatic carbocycles. The van der Waals surface area contributed by atoms with Crippen molar-refractivity contribution in [2.24, 2.45) is 0 Å². The van der Waals surface area contributed by atoms with E-state index in [-0.39, 0.29) is 0 Å². The van der Waals surface area contributed by atoms with Crippen molar-refractivity contribution >= 4 is 7.26 Å². The minimum Gasteiger partial charge on any atom is -0.0991 e. The van der Waals surface area contributed by atoms with Crippen LogP contribution in [0, 0.1) is 0 Å². The molecule has 0 amide bonds. The Hall–Kier alpha value is -0.610. The molecular weight excluding hydrogens is 199 g/mol. The van der Waals surface area contributed by atoms with E-state index in [0.717, 1.165) is 12.8 Å². The van der Waals surface area contributed by atoms with Gasteiger partial charge in [0.1, 0.15) is 0 Å². The average Bonchev–Trinajstić information content (AvgIpc) is 2.14. The van der Waals surface area contributed by atoms with Gasteiger partial charge in [-0.1, -0.05) is 43.0 Å². The van der Waals surface area contributed by atoms with Gasteiger partial charge < -0.3 is 0 Å². The standard InChI is InChI=1S/C14H24P/c1-5-6-7-8-9-10-11-12-13-14-15(2,3)4/h5-7,10-13H,1,8-9,14H2,2-4H3/q+1/b7-6+,11-10+,13-12+. The van der Waals surface area contributed by atoms with Crippen LogP contribution in [-0.4, -0.2) is 26.2 Å². The normalized spacial score (nSPS) is 13.3. The highest BCUT2D eigenvalue weighted by molar-refractivity contribution is 7.73. The van der Waals surface area contributed by atoms with Crippen LogP contribution in [0.2, 0.25) is 0 Å². The first-order valence-electron chi connectivity index (χ1n) is 5.46. The zero-order valence-corrected chi connectivity index (χ0v) is 11.2. The fraction of sp³-hybridized carbons (Fsp3) is 0.429. The van der Waals surface area contributed by atoms with Gasteiger partial charge in [-0.25, -0.2) is 0 Å². The van der Waals surface area contributed by atoms with E-state index in [9.17, 15) is 0 Å². The average molecular weight is 223 g/mol. The maximum atomic E-state index is 3.63. The van der Waals surface area contributed by atoms with Gasteiger partial charge in [0.2, 0.25) is 0 Å². The van der Waals surface area contributed by atoms with E-state index in [0.29, 0.717) is 0 Å². The summed E-state index contributed by atoms with van der Waals surface area (Å²) in [7, 11) is -0.629. The molecule has 15 heavy (non-hydrogen) atoms. The van der Waals surface area contributed by atoms with Crippen molar-refractivity contribution in [3.63, 3.8) is 0 Å². The largest absolute Gasteiger partial charge is 0.0991 e. The van der Waals surface area contributed by atoms with Crippen molar-refractivity contribution in [3.05, 3.63) is 49.1 Å². The Balaban J connectivity index is 3.54. The van der Waals surface area contributed by atoms with Gasteiger partial charge in [-0.05, 0) is 18.9 Å². The Morgan fingerprint density at radius 3 is 1.93 bits per heavy atom. The molecule has 0 aromatic rings. The van der Waals surface area contributed by atoms with Crippen LogP contribution < -0.4 is 0 Å². The van der Waals surface area contributed by atoms with Crippen LogP contribution in [0.5, 0.6) is 0 Å². The summed E-state index contributed by atoms with van der Waals surface area (Å²) in [5, 5.41) is 0. The van der Waals surface area contributed by atoms with Crippen LogP contribution in [0.3, 0.4) is 0 Å². The van der Waals surface area contributed by atoms with Gasteiger partial charge in [-0.15, -0.1) is 0 Å². The van der Waals surface area contributed by atoms with Crippen LogP contribution in [0.4, 0.5) is 0 Å². The molecule has 0 radical (unpaired) electrons. The maximum absolute atomic E-state index is 3.63. The molecule has 0 saturated carbocycles. The zero-order chi connectivity index (χ0) is 11.6. The molecule has 0 spiro atoms. The minimum atomic E-state index is -0.629. The number of hydrogen-bond acceptors (Lipinski definition) is 0. The van der Waals surface area contributed by atoms with Crippen molar-refractivity contribution in [2.45, 2.75) is 12.8 Å². The summed E-state index contributed by atoms with van der Waals surface area (Å²) in [6.07, 6.45) is 18.2. The summed E-state index contributed by atoms with van der Waals surface area (Å²) >= 11 is 0. The van der Waals surface area contributed by atoms with Gasteiger partial charge in [-0.3, -0.25) is 0 Å². The third-order valence-electron chi connectivity index (χ3n) is 1.81. The first-order chi connectivity index (χ1) is 7.06. The number of rotatable bonds is 7. The Morgan fingerprint density at radius 1 is 0.867 bits per heavy atom. The Labute approximate surface area is 95.8 Å². The molecule has 0 N–H and O–H groups in total. The fourth-order valence-electron chi connectivity index (χ4n) is 1.02. The second kappa shape index (κ2) is 8.68. The lowest BCUT2D eigenvalue weighted by Crippen LogP contribution is -1.87. The molecule has 84 valence electrons. The van der Waals surface area contributed by atoms with Gasteiger partial charge in [0, 0.05) is 27.3 Å². The summed E-state index contributed by atoms with van der Waals surface area (Å²) in [5.41, 5.74) is 0. The van der Waals surface area contributed by atoms with Crippen molar-refractivity contribution in [2.75, 3.05) is 26.2 Å². The molecule has 0 heterocycles. The minimum absolute atomic E-state index is 0.629. The predicted molar refractivity (Wildman–Crippen MR) is 76.4 cm³/mol. The molecule has 0 nitrogen and oxygen atoms in total.